The Morgan fingerprint density at radius 3 is 2.18 bits per heavy atom. The smallest absolute Gasteiger partial charge is 0.0432 e. The molecule has 0 aliphatic heterocycles. The van der Waals surface area contributed by atoms with Gasteiger partial charge in [-0.15, -0.1) is 0 Å². The summed E-state index contributed by atoms with van der Waals surface area (Å²) in [6.45, 7) is 4.27. The summed E-state index contributed by atoms with van der Waals surface area (Å²) in [7, 11) is 0. The van der Waals surface area contributed by atoms with Crippen molar-refractivity contribution in [2.24, 2.45) is 0 Å². The van der Waals surface area contributed by atoms with Crippen LogP contribution in [0, 0.1) is 11.8 Å². The summed E-state index contributed by atoms with van der Waals surface area (Å²) in [4.78, 5) is 4.39. The van der Waals surface area contributed by atoms with Crippen LogP contribution in [0.3, 0.4) is 0 Å². The third kappa shape index (κ3) is 3.19. The average Bonchev–Trinajstić information content (AvgIpc) is 2.38. The summed E-state index contributed by atoms with van der Waals surface area (Å²) < 4.78 is 0. The van der Waals surface area contributed by atoms with E-state index in [1.54, 1.807) is 0 Å². The number of benzene rings is 1. The fraction of sp³-hybridized carbons (Fsp3) is 0.188. The van der Waals surface area contributed by atoms with Gasteiger partial charge in [-0.2, -0.15) is 0 Å². The lowest BCUT2D eigenvalue weighted by atomic mass is 10.1. The minimum Gasteiger partial charge on any atom is -0.260 e. The van der Waals surface area contributed by atoms with Crippen molar-refractivity contribution in [2.45, 2.75) is 19.8 Å². The number of aromatic nitrogens is 1. The molecule has 0 saturated heterocycles. The van der Waals surface area contributed by atoms with E-state index < -0.39 is 0 Å². The predicted octanol–water partition coefficient (Wildman–Crippen LogP) is 3.60. The van der Waals surface area contributed by atoms with Crippen molar-refractivity contribution in [3.63, 3.8) is 0 Å². The average molecular weight is 221 g/mol. The predicted molar refractivity (Wildman–Crippen MR) is 70.7 cm³/mol. The molecule has 1 aromatic carbocycles. The van der Waals surface area contributed by atoms with Crippen molar-refractivity contribution < 1.29 is 0 Å². The van der Waals surface area contributed by atoms with Crippen LogP contribution in [0.4, 0.5) is 0 Å². The van der Waals surface area contributed by atoms with E-state index in [1.165, 1.54) is 0 Å². The van der Waals surface area contributed by atoms with E-state index in [0.717, 1.165) is 16.8 Å². The van der Waals surface area contributed by atoms with Crippen LogP contribution in [0.15, 0.2) is 48.7 Å². The first-order chi connectivity index (χ1) is 8.25. The third-order valence-corrected chi connectivity index (χ3v) is 2.50. The van der Waals surface area contributed by atoms with Crippen molar-refractivity contribution in [3.05, 3.63) is 65.5 Å². The van der Waals surface area contributed by atoms with E-state index in [-0.39, 0.29) is 0 Å². The first-order valence-corrected chi connectivity index (χ1v) is 5.79. The van der Waals surface area contributed by atoms with Crippen LogP contribution in [-0.4, -0.2) is 4.98 Å². The monoisotopic (exact) mass is 221 g/mol. The number of pyridine rings is 1. The molecule has 0 bridgehead atoms. The second-order valence-corrected chi connectivity index (χ2v) is 4.24. The molecule has 0 N–H and O–H groups in total. The van der Waals surface area contributed by atoms with Crippen LogP contribution < -0.4 is 0 Å². The summed E-state index contributed by atoms with van der Waals surface area (Å²) in [5.74, 6) is 6.70. The molecule has 84 valence electrons. The Morgan fingerprint density at radius 1 is 0.882 bits per heavy atom. The number of nitrogens with zero attached hydrogens (tertiary/aromatic N) is 1. The van der Waals surface area contributed by atoms with Crippen LogP contribution in [-0.2, 0) is 0 Å². The van der Waals surface area contributed by atoms with Gasteiger partial charge in [-0.3, -0.25) is 4.98 Å². The molecular formula is C16H15N. The van der Waals surface area contributed by atoms with Gasteiger partial charge in [-0.25, -0.2) is 0 Å². The van der Waals surface area contributed by atoms with Crippen LogP contribution in [0.2, 0.25) is 0 Å². The Bertz CT molecular complexity index is 527. The van der Waals surface area contributed by atoms with Gasteiger partial charge in [-0.1, -0.05) is 43.9 Å². The summed E-state index contributed by atoms with van der Waals surface area (Å²) in [5.41, 5.74) is 3.09. The maximum atomic E-state index is 4.39. The van der Waals surface area contributed by atoms with E-state index in [0.29, 0.717) is 5.92 Å². The molecule has 1 nitrogen and oxygen atoms in total. The number of rotatable bonds is 1. The third-order valence-electron chi connectivity index (χ3n) is 2.50. The molecule has 0 amide bonds. The number of hydrogen-bond donors (Lipinski definition) is 0. The quantitative estimate of drug-likeness (QED) is 0.670. The molecule has 1 heterocycles. The van der Waals surface area contributed by atoms with E-state index >= 15 is 0 Å². The molecule has 0 aliphatic carbocycles. The van der Waals surface area contributed by atoms with Crippen molar-refractivity contribution >= 4 is 0 Å². The van der Waals surface area contributed by atoms with Crippen molar-refractivity contribution in [1.82, 2.24) is 4.98 Å². The molecule has 0 radical (unpaired) electrons. The fourth-order valence-electron chi connectivity index (χ4n) is 1.49. The van der Waals surface area contributed by atoms with Crippen LogP contribution in [0.1, 0.15) is 36.6 Å². The van der Waals surface area contributed by atoms with Crippen molar-refractivity contribution in [2.75, 3.05) is 0 Å². The highest BCUT2D eigenvalue weighted by molar-refractivity contribution is 5.41. The Morgan fingerprint density at radius 2 is 1.59 bits per heavy atom. The molecule has 1 aromatic heterocycles. The lowest BCUT2D eigenvalue weighted by Gasteiger charge is -2.02. The van der Waals surface area contributed by atoms with Gasteiger partial charge in [0, 0.05) is 23.0 Å². The molecule has 0 spiro atoms. The maximum absolute atomic E-state index is 4.39. The first kappa shape index (κ1) is 11.4. The minimum absolute atomic E-state index is 0.464. The fourth-order valence-corrected chi connectivity index (χ4v) is 1.49. The summed E-state index contributed by atoms with van der Waals surface area (Å²) >= 11 is 0. The normalized spacial score (nSPS) is 9.82. The van der Waals surface area contributed by atoms with Gasteiger partial charge in [0.1, 0.15) is 0 Å². The minimum atomic E-state index is 0.464. The lowest BCUT2D eigenvalue weighted by Crippen LogP contribution is -1.91. The van der Waals surface area contributed by atoms with E-state index in [1.807, 2.05) is 48.7 Å². The standard InChI is InChI=1S/C16H15N/c1-13(2)16-11-10-15(12-17-16)9-8-14-6-4-3-5-7-14/h3-7,10-13H,1-2H3. The van der Waals surface area contributed by atoms with Gasteiger partial charge in [0.15, 0.2) is 0 Å². The molecule has 0 saturated carbocycles. The molecule has 0 atom stereocenters. The highest BCUT2D eigenvalue weighted by Gasteiger charge is 1.98. The van der Waals surface area contributed by atoms with E-state index in [4.69, 9.17) is 0 Å². The highest BCUT2D eigenvalue weighted by Crippen LogP contribution is 2.10. The summed E-state index contributed by atoms with van der Waals surface area (Å²) in [5, 5.41) is 0. The second-order valence-electron chi connectivity index (χ2n) is 4.24. The molecular weight excluding hydrogens is 206 g/mol. The van der Waals surface area contributed by atoms with Gasteiger partial charge in [-0.05, 0) is 30.2 Å². The zero-order valence-electron chi connectivity index (χ0n) is 10.1. The van der Waals surface area contributed by atoms with Gasteiger partial charge in [0.05, 0.1) is 0 Å². The SMILES string of the molecule is CC(C)c1ccc(C#Cc2ccccc2)cn1. The molecule has 0 fully saturated rings. The molecule has 2 rings (SSSR count). The lowest BCUT2D eigenvalue weighted by molar-refractivity contribution is 0.822. The van der Waals surface area contributed by atoms with E-state index in [2.05, 4.69) is 30.7 Å². The zero-order chi connectivity index (χ0) is 12.1. The number of hydrogen-bond acceptors (Lipinski definition) is 1. The van der Waals surface area contributed by atoms with Crippen LogP contribution in [0.25, 0.3) is 0 Å². The first-order valence-electron chi connectivity index (χ1n) is 5.79. The van der Waals surface area contributed by atoms with E-state index in [9.17, 15) is 0 Å². The Kier molecular flexibility index (Phi) is 3.57. The summed E-state index contributed by atoms with van der Waals surface area (Å²) in [6, 6.07) is 14.0. The van der Waals surface area contributed by atoms with Gasteiger partial charge >= 0.3 is 0 Å². The Hall–Kier alpha value is -2.07. The van der Waals surface area contributed by atoms with Crippen molar-refractivity contribution in [1.29, 1.82) is 0 Å². The van der Waals surface area contributed by atoms with Crippen molar-refractivity contribution in [3.8, 4) is 11.8 Å². The second kappa shape index (κ2) is 5.32. The van der Waals surface area contributed by atoms with Gasteiger partial charge in [0.25, 0.3) is 0 Å². The molecule has 1 heteroatoms. The largest absolute Gasteiger partial charge is 0.260 e. The molecule has 2 aromatic rings. The Labute approximate surface area is 103 Å². The van der Waals surface area contributed by atoms with Crippen LogP contribution in [0.5, 0.6) is 0 Å². The molecule has 17 heavy (non-hydrogen) atoms. The highest BCUT2D eigenvalue weighted by atomic mass is 14.7. The van der Waals surface area contributed by atoms with Crippen LogP contribution >= 0.6 is 0 Å². The topological polar surface area (TPSA) is 12.9 Å². The molecule has 0 aliphatic rings. The maximum Gasteiger partial charge on any atom is 0.0432 e. The summed E-state index contributed by atoms with van der Waals surface area (Å²) in [6.07, 6.45) is 1.84. The van der Waals surface area contributed by atoms with Gasteiger partial charge in [0.2, 0.25) is 0 Å². The zero-order valence-corrected chi connectivity index (χ0v) is 10.1. The van der Waals surface area contributed by atoms with Gasteiger partial charge < -0.3 is 0 Å². The Balaban J connectivity index is 2.17. The molecule has 0 unspecified atom stereocenters.